The Kier molecular flexibility index (Phi) is 7.78. The number of piperazine rings is 1. The number of ether oxygens (including phenoxy) is 1. The predicted octanol–water partition coefficient (Wildman–Crippen LogP) is 0.192. The zero-order valence-corrected chi connectivity index (χ0v) is 16.6. The van der Waals surface area contributed by atoms with Crippen molar-refractivity contribution < 1.29 is 45.6 Å². The van der Waals surface area contributed by atoms with Crippen molar-refractivity contribution in [2.75, 3.05) is 37.6 Å². The molecule has 6 heteroatoms. The molecular formula is C19H23N2NaO3. The smallest absolute Gasteiger partial charge is 1.00 e. The number of rotatable bonds is 6. The number of hydrogen-bond acceptors (Lipinski definition) is 4. The SMILES string of the molecule is O=C(O)CCN1CCN(c2ccc(Oc3ccccc3)cc2)CC1.[H-].[Na+]. The molecule has 0 aliphatic carbocycles. The van der Waals surface area contributed by atoms with Crippen molar-refractivity contribution in [3.8, 4) is 11.5 Å². The Morgan fingerprint density at radius 2 is 1.56 bits per heavy atom. The third-order valence-electron chi connectivity index (χ3n) is 4.19. The van der Waals surface area contributed by atoms with Crippen LogP contribution in [0.2, 0.25) is 0 Å². The predicted molar refractivity (Wildman–Crippen MR) is 95.0 cm³/mol. The van der Waals surface area contributed by atoms with Crippen molar-refractivity contribution in [3.63, 3.8) is 0 Å². The molecule has 0 aromatic heterocycles. The van der Waals surface area contributed by atoms with Gasteiger partial charge in [0.15, 0.2) is 0 Å². The van der Waals surface area contributed by atoms with Crippen molar-refractivity contribution in [3.05, 3.63) is 54.6 Å². The molecule has 1 heterocycles. The Balaban J connectivity index is 0.00000169. The number of anilines is 1. The van der Waals surface area contributed by atoms with Crippen molar-refractivity contribution in [2.24, 2.45) is 0 Å². The molecule has 0 bridgehead atoms. The van der Waals surface area contributed by atoms with Crippen LogP contribution in [0, 0.1) is 0 Å². The van der Waals surface area contributed by atoms with E-state index in [4.69, 9.17) is 9.84 Å². The Bertz CT molecular complexity index is 662. The summed E-state index contributed by atoms with van der Waals surface area (Å²) in [5.41, 5.74) is 1.17. The van der Waals surface area contributed by atoms with Gasteiger partial charge in [-0.1, -0.05) is 18.2 Å². The van der Waals surface area contributed by atoms with E-state index in [-0.39, 0.29) is 37.4 Å². The second kappa shape index (κ2) is 9.82. The van der Waals surface area contributed by atoms with Gasteiger partial charge < -0.3 is 16.2 Å². The number of hydrogen-bond donors (Lipinski definition) is 1. The van der Waals surface area contributed by atoms with Crippen LogP contribution in [0.15, 0.2) is 54.6 Å². The van der Waals surface area contributed by atoms with Gasteiger partial charge in [-0.25, -0.2) is 0 Å². The average Bonchev–Trinajstić information content (AvgIpc) is 2.62. The van der Waals surface area contributed by atoms with E-state index in [1.54, 1.807) is 0 Å². The molecule has 0 atom stereocenters. The van der Waals surface area contributed by atoms with E-state index >= 15 is 0 Å². The minimum absolute atomic E-state index is 0. The standard InChI is InChI=1S/C19H22N2O3.Na.H/c22-19(23)10-11-20-12-14-21(15-13-20)16-6-8-18(9-7-16)24-17-4-2-1-3-5-17;;/h1-9H,10-15H2,(H,22,23);;/q;+1;-1. The first-order valence-corrected chi connectivity index (χ1v) is 8.23. The first kappa shape index (κ1) is 19.8. The van der Waals surface area contributed by atoms with E-state index in [0.717, 1.165) is 37.7 Å². The number of carboxylic acids is 1. The molecule has 1 N–H and O–H groups in total. The van der Waals surface area contributed by atoms with Crippen LogP contribution in [0.4, 0.5) is 5.69 Å². The molecule has 0 amide bonds. The van der Waals surface area contributed by atoms with Gasteiger partial charge in [0.25, 0.3) is 0 Å². The Labute approximate surface area is 172 Å². The van der Waals surface area contributed by atoms with Crippen LogP contribution in [-0.4, -0.2) is 48.7 Å². The summed E-state index contributed by atoms with van der Waals surface area (Å²) in [6, 6.07) is 17.9. The van der Waals surface area contributed by atoms with Crippen LogP contribution < -0.4 is 39.2 Å². The first-order chi connectivity index (χ1) is 11.7. The summed E-state index contributed by atoms with van der Waals surface area (Å²) in [6.07, 6.45) is 0.214. The third kappa shape index (κ3) is 6.04. The first-order valence-electron chi connectivity index (χ1n) is 8.23. The normalized spacial score (nSPS) is 14.6. The van der Waals surface area contributed by atoms with E-state index in [1.807, 2.05) is 42.5 Å². The Hall–Kier alpha value is -1.53. The Morgan fingerprint density at radius 3 is 2.16 bits per heavy atom. The molecule has 2 aromatic carbocycles. The number of para-hydroxylation sites is 1. The van der Waals surface area contributed by atoms with Crippen molar-refractivity contribution in [1.29, 1.82) is 0 Å². The van der Waals surface area contributed by atoms with E-state index in [2.05, 4.69) is 21.9 Å². The Morgan fingerprint density at radius 1 is 0.960 bits per heavy atom. The van der Waals surface area contributed by atoms with Gasteiger partial charge in [0.05, 0.1) is 6.42 Å². The minimum atomic E-state index is -0.730. The summed E-state index contributed by atoms with van der Waals surface area (Å²) in [5.74, 6) is 0.925. The molecule has 1 saturated heterocycles. The van der Waals surface area contributed by atoms with Crippen LogP contribution in [-0.2, 0) is 4.79 Å². The minimum Gasteiger partial charge on any atom is -1.00 e. The largest absolute Gasteiger partial charge is 1.00 e. The monoisotopic (exact) mass is 350 g/mol. The van der Waals surface area contributed by atoms with Gasteiger partial charge in [0, 0.05) is 38.4 Å². The molecular weight excluding hydrogens is 327 g/mol. The molecule has 25 heavy (non-hydrogen) atoms. The van der Waals surface area contributed by atoms with E-state index in [1.165, 1.54) is 5.69 Å². The zero-order valence-electron chi connectivity index (χ0n) is 15.6. The van der Waals surface area contributed by atoms with Crippen LogP contribution in [0.5, 0.6) is 11.5 Å². The second-order valence-corrected chi connectivity index (χ2v) is 5.88. The number of aliphatic carboxylic acids is 1. The van der Waals surface area contributed by atoms with Gasteiger partial charge in [-0.15, -0.1) is 0 Å². The molecule has 1 aliphatic heterocycles. The molecule has 0 saturated carbocycles. The maximum absolute atomic E-state index is 10.6. The third-order valence-corrected chi connectivity index (χ3v) is 4.19. The molecule has 5 nitrogen and oxygen atoms in total. The molecule has 0 unspecified atom stereocenters. The van der Waals surface area contributed by atoms with E-state index in [9.17, 15) is 4.79 Å². The van der Waals surface area contributed by atoms with Gasteiger partial charge in [0.1, 0.15) is 11.5 Å². The molecule has 1 aliphatic rings. The van der Waals surface area contributed by atoms with Crippen LogP contribution in [0.1, 0.15) is 7.85 Å². The quantitative estimate of drug-likeness (QED) is 0.754. The van der Waals surface area contributed by atoms with Gasteiger partial charge >= 0.3 is 35.5 Å². The topological polar surface area (TPSA) is 53.0 Å². The number of benzene rings is 2. The molecule has 1 fully saturated rings. The summed E-state index contributed by atoms with van der Waals surface area (Å²) in [6.45, 7) is 4.26. The summed E-state index contributed by atoms with van der Waals surface area (Å²) < 4.78 is 5.81. The molecule has 3 rings (SSSR count). The fourth-order valence-corrected chi connectivity index (χ4v) is 2.83. The number of carbonyl (C=O) groups is 1. The summed E-state index contributed by atoms with van der Waals surface area (Å²) in [4.78, 5) is 15.2. The number of carboxylic acid groups (broad SMARTS) is 1. The van der Waals surface area contributed by atoms with Crippen LogP contribution in [0.25, 0.3) is 0 Å². The van der Waals surface area contributed by atoms with E-state index < -0.39 is 5.97 Å². The van der Waals surface area contributed by atoms with Gasteiger partial charge in [-0.3, -0.25) is 9.69 Å². The van der Waals surface area contributed by atoms with Crippen molar-refractivity contribution >= 4 is 11.7 Å². The molecule has 0 spiro atoms. The van der Waals surface area contributed by atoms with Crippen molar-refractivity contribution in [2.45, 2.75) is 6.42 Å². The number of nitrogens with zero attached hydrogens (tertiary/aromatic N) is 2. The molecule has 0 radical (unpaired) electrons. The summed E-state index contributed by atoms with van der Waals surface area (Å²) in [7, 11) is 0. The van der Waals surface area contributed by atoms with Crippen molar-refractivity contribution in [1.82, 2.24) is 4.90 Å². The van der Waals surface area contributed by atoms with Crippen LogP contribution >= 0.6 is 0 Å². The maximum Gasteiger partial charge on any atom is 1.00 e. The van der Waals surface area contributed by atoms with Crippen LogP contribution in [0.3, 0.4) is 0 Å². The second-order valence-electron chi connectivity index (χ2n) is 5.88. The summed E-state index contributed by atoms with van der Waals surface area (Å²) >= 11 is 0. The van der Waals surface area contributed by atoms with Gasteiger partial charge in [-0.05, 0) is 36.4 Å². The maximum atomic E-state index is 10.6. The average molecular weight is 350 g/mol. The fourth-order valence-electron chi connectivity index (χ4n) is 2.83. The molecule has 128 valence electrons. The van der Waals surface area contributed by atoms with Gasteiger partial charge in [0.2, 0.25) is 0 Å². The molecule has 2 aromatic rings. The van der Waals surface area contributed by atoms with E-state index in [0.29, 0.717) is 6.54 Å². The van der Waals surface area contributed by atoms with Gasteiger partial charge in [-0.2, -0.15) is 0 Å². The summed E-state index contributed by atoms with van der Waals surface area (Å²) in [5, 5.41) is 8.76. The zero-order chi connectivity index (χ0) is 16.8. The fraction of sp³-hybridized carbons (Fsp3) is 0.316.